The van der Waals surface area contributed by atoms with Crippen molar-refractivity contribution in [1.29, 1.82) is 0 Å². The van der Waals surface area contributed by atoms with E-state index < -0.39 is 5.92 Å². The SMILES string of the molecule is CSc1sc(C)cc1[C@@H]1C(C(=O)Nc2ccccn2)=C(C)NC2=C1C(=O)C[C@@H](c1ccccc1)C2. The third kappa shape index (κ3) is 4.58. The highest BCUT2D eigenvalue weighted by Crippen LogP contribution is 2.49. The number of nitrogens with one attached hydrogen (secondary N) is 2. The van der Waals surface area contributed by atoms with Crippen molar-refractivity contribution in [3.05, 3.63) is 99.3 Å². The number of carbonyl (C=O) groups excluding carboxylic acids is 2. The third-order valence-corrected chi connectivity index (χ3v) is 8.81. The summed E-state index contributed by atoms with van der Waals surface area (Å²) in [7, 11) is 0. The Hall–Kier alpha value is -3.16. The number of anilines is 1. The number of ketones is 1. The summed E-state index contributed by atoms with van der Waals surface area (Å²) in [6, 6.07) is 17.8. The number of aryl methyl sites for hydroxylation is 1. The molecule has 0 unspecified atom stereocenters. The normalized spacial score (nSPS) is 19.9. The first kappa shape index (κ1) is 23.6. The second-order valence-corrected chi connectivity index (χ2v) is 11.2. The molecular weight excluding hydrogens is 474 g/mol. The van der Waals surface area contributed by atoms with Crippen LogP contribution >= 0.6 is 23.1 Å². The van der Waals surface area contributed by atoms with Crippen LogP contribution < -0.4 is 10.6 Å². The molecular formula is C28H27N3O2S2. The Kier molecular flexibility index (Phi) is 6.62. The van der Waals surface area contributed by atoms with Crippen LogP contribution in [-0.2, 0) is 9.59 Å². The topological polar surface area (TPSA) is 71.1 Å². The van der Waals surface area contributed by atoms with Gasteiger partial charge >= 0.3 is 0 Å². The smallest absolute Gasteiger partial charge is 0.255 e. The summed E-state index contributed by atoms with van der Waals surface area (Å²) in [5.74, 6) is 0.0634. The molecule has 5 nitrogen and oxygen atoms in total. The average Bonchev–Trinajstić information content (AvgIpc) is 3.24. The van der Waals surface area contributed by atoms with E-state index in [1.165, 1.54) is 5.56 Å². The van der Waals surface area contributed by atoms with Crippen LogP contribution in [0, 0.1) is 6.92 Å². The quantitative estimate of drug-likeness (QED) is 0.409. The zero-order valence-electron chi connectivity index (χ0n) is 19.9. The molecule has 0 radical (unpaired) electrons. The molecule has 1 aromatic carbocycles. The van der Waals surface area contributed by atoms with E-state index >= 15 is 0 Å². The zero-order chi connectivity index (χ0) is 24.5. The minimum Gasteiger partial charge on any atom is -0.362 e. The molecule has 0 saturated carbocycles. The molecule has 3 aromatic rings. The summed E-state index contributed by atoms with van der Waals surface area (Å²) in [6.07, 6.45) is 4.87. The standard InChI is InChI=1S/C28H27N3O2S2/c1-16-13-20(28(34-3)35-16)25-24(27(33)31-23-11-7-8-12-29-23)17(2)30-21-14-19(15-22(32)26(21)25)18-9-5-4-6-10-18/h4-13,19,25,30H,14-15H2,1-3H3,(H,29,31,33)/t19-,25+/m0/s1. The maximum absolute atomic E-state index is 13.8. The van der Waals surface area contributed by atoms with Gasteiger partial charge in [0.1, 0.15) is 5.82 Å². The molecule has 0 bridgehead atoms. The van der Waals surface area contributed by atoms with E-state index in [9.17, 15) is 9.59 Å². The summed E-state index contributed by atoms with van der Waals surface area (Å²) >= 11 is 3.37. The monoisotopic (exact) mass is 501 g/mol. The van der Waals surface area contributed by atoms with Crippen LogP contribution in [0.3, 0.4) is 0 Å². The second-order valence-electron chi connectivity index (χ2n) is 8.90. The van der Waals surface area contributed by atoms with Gasteiger partial charge in [0.15, 0.2) is 5.78 Å². The van der Waals surface area contributed by atoms with Crippen LogP contribution in [0.15, 0.2) is 87.5 Å². The highest BCUT2D eigenvalue weighted by molar-refractivity contribution is 8.00. The molecule has 2 N–H and O–H groups in total. The molecule has 3 heterocycles. The fraction of sp³-hybridized carbons (Fsp3) is 0.250. The van der Waals surface area contributed by atoms with E-state index in [0.717, 1.165) is 38.0 Å². The Bertz CT molecular complexity index is 1340. The molecule has 5 rings (SSSR count). The van der Waals surface area contributed by atoms with E-state index in [0.29, 0.717) is 17.8 Å². The van der Waals surface area contributed by atoms with Gasteiger partial charge in [0.25, 0.3) is 5.91 Å². The number of thioether (sulfide) groups is 1. The number of dihydropyridines is 1. The lowest BCUT2D eigenvalue weighted by atomic mass is 9.72. The van der Waals surface area contributed by atoms with Gasteiger partial charge in [0.05, 0.1) is 4.21 Å². The molecule has 35 heavy (non-hydrogen) atoms. The summed E-state index contributed by atoms with van der Waals surface area (Å²) in [6.45, 7) is 4.00. The average molecular weight is 502 g/mol. The number of rotatable bonds is 5. The van der Waals surface area contributed by atoms with Crippen molar-refractivity contribution in [1.82, 2.24) is 10.3 Å². The Morgan fingerprint density at radius 3 is 2.60 bits per heavy atom. The molecule has 0 fully saturated rings. The largest absolute Gasteiger partial charge is 0.362 e. The molecule has 1 aliphatic carbocycles. The number of aromatic nitrogens is 1. The maximum atomic E-state index is 13.8. The number of carbonyl (C=O) groups is 2. The maximum Gasteiger partial charge on any atom is 0.255 e. The highest BCUT2D eigenvalue weighted by atomic mass is 32.2. The van der Waals surface area contributed by atoms with Gasteiger partial charge in [-0.2, -0.15) is 0 Å². The lowest BCUT2D eigenvalue weighted by molar-refractivity contribution is -0.116. The fourth-order valence-electron chi connectivity index (χ4n) is 5.11. The van der Waals surface area contributed by atoms with Crippen LogP contribution in [0.2, 0.25) is 0 Å². The molecule has 2 atom stereocenters. The number of Topliss-reactive ketones (excluding diaryl/α,β-unsaturated/α-hetero) is 1. The van der Waals surface area contributed by atoms with Crippen molar-refractivity contribution in [2.75, 3.05) is 11.6 Å². The van der Waals surface area contributed by atoms with Crippen LogP contribution in [0.25, 0.3) is 0 Å². The third-order valence-electron chi connectivity index (χ3n) is 6.59. The van der Waals surface area contributed by atoms with E-state index in [1.807, 2.05) is 43.5 Å². The molecule has 0 spiro atoms. The fourth-order valence-corrected chi connectivity index (χ4v) is 7.02. The highest BCUT2D eigenvalue weighted by Gasteiger charge is 2.42. The Balaban J connectivity index is 1.60. The summed E-state index contributed by atoms with van der Waals surface area (Å²) < 4.78 is 1.13. The van der Waals surface area contributed by atoms with Gasteiger partial charge in [0.2, 0.25) is 0 Å². The number of thiophene rings is 1. The molecule has 2 aliphatic rings. The number of allylic oxidation sites excluding steroid dienone is 3. The van der Waals surface area contributed by atoms with Gasteiger partial charge < -0.3 is 10.6 Å². The molecule has 7 heteroatoms. The van der Waals surface area contributed by atoms with E-state index in [4.69, 9.17) is 0 Å². The lowest BCUT2D eigenvalue weighted by Gasteiger charge is -2.37. The zero-order valence-corrected chi connectivity index (χ0v) is 21.6. The van der Waals surface area contributed by atoms with Crippen LogP contribution in [0.1, 0.15) is 47.6 Å². The number of hydrogen-bond acceptors (Lipinski definition) is 6. The minimum absolute atomic E-state index is 0.101. The first-order valence-electron chi connectivity index (χ1n) is 11.6. The number of amides is 1. The summed E-state index contributed by atoms with van der Waals surface area (Å²) in [4.78, 5) is 32.8. The Labute approximate surface area is 213 Å². The van der Waals surface area contributed by atoms with Crippen molar-refractivity contribution in [2.24, 2.45) is 0 Å². The van der Waals surface area contributed by atoms with Gasteiger partial charge in [-0.3, -0.25) is 9.59 Å². The predicted molar refractivity (Wildman–Crippen MR) is 143 cm³/mol. The number of pyridine rings is 1. The van der Waals surface area contributed by atoms with Gasteiger partial charge in [-0.1, -0.05) is 36.4 Å². The van der Waals surface area contributed by atoms with Crippen LogP contribution in [-0.4, -0.2) is 22.9 Å². The van der Waals surface area contributed by atoms with Crippen molar-refractivity contribution in [3.8, 4) is 0 Å². The Morgan fingerprint density at radius 1 is 1.11 bits per heavy atom. The van der Waals surface area contributed by atoms with Crippen LogP contribution in [0.5, 0.6) is 0 Å². The van der Waals surface area contributed by atoms with Gasteiger partial charge in [-0.25, -0.2) is 4.98 Å². The second kappa shape index (κ2) is 9.84. The van der Waals surface area contributed by atoms with E-state index in [-0.39, 0.29) is 17.6 Å². The first-order valence-corrected chi connectivity index (χ1v) is 13.7. The van der Waals surface area contributed by atoms with E-state index in [2.05, 4.69) is 40.7 Å². The van der Waals surface area contributed by atoms with E-state index in [1.54, 1.807) is 35.4 Å². The summed E-state index contributed by atoms with van der Waals surface area (Å²) in [5.41, 5.74) is 5.21. The summed E-state index contributed by atoms with van der Waals surface area (Å²) in [5, 5.41) is 6.41. The van der Waals surface area contributed by atoms with Gasteiger partial charge in [0, 0.05) is 46.0 Å². The molecule has 1 aliphatic heterocycles. The van der Waals surface area contributed by atoms with Gasteiger partial charge in [-0.15, -0.1) is 23.1 Å². The molecule has 178 valence electrons. The minimum atomic E-state index is -0.411. The number of hydrogen-bond donors (Lipinski definition) is 2. The van der Waals surface area contributed by atoms with Crippen LogP contribution in [0.4, 0.5) is 5.82 Å². The molecule has 0 saturated heterocycles. The van der Waals surface area contributed by atoms with Gasteiger partial charge in [-0.05, 0) is 61.8 Å². The van der Waals surface area contributed by atoms with Crippen molar-refractivity contribution < 1.29 is 9.59 Å². The predicted octanol–water partition coefficient (Wildman–Crippen LogP) is 6.17. The van der Waals surface area contributed by atoms with Crippen molar-refractivity contribution in [3.63, 3.8) is 0 Å². The van der Waals surface area contributed by atoms with Crippen molar-refractivity contribution in [2.45, 2.75) is 42.7 Å². The molecule has 2 aromatic heterocycles. The lowest BCUT2D eigenvalue weighted by Crippen LogP contribution is -2.37. The molecule has 1 amide bonds. The number of nitrogens with zero attached hydrogens (tertiary/aromatic N) is 1. The Morgan fingerprint density at radius 2 is 1.89 bits per heavy atom. The van der Waals surface area contributed by atoms with Crippen molar-refractivity contribution >= 4 is 40.6 Å². The number of benzene rings is 1. The first-order chi connectivity index (χ1) is 17.0.